The van der Waals surface area contributed by atoms with E-state index in [-0.39, 0.29) is 12.1 Å². The Hall–Kier alpha value is -4.42. The fourth-order valence-electron chi connectivity index (χ4n) is 4.53. The van der Waals surface area contributed by atoms with Crippen molar-refractivity contribution in [1.82, 2.24) is 9.97 Å². The van der Waals surface area contributed by atoms with E-state index in [4.69, 9.17) is 11.0 Å². The van der Waals surface area contributed by atoms with E-state index in [0.29, 0.717) is 36.5 Å². The van der Waals surface area contributed by atoms with Crippen LogP contribution in [-0.2, 0) is 6.42 Å². The maximum absolute atomic E-state index is 15.3. The molecule has 0 aliphatic carbocycles. The Morgan fingerprint density at radius 3 is 2.51 bits per heavy atom. The first-order chi connectivity index (χ1) is 19.0. The zero-order valence-electron chi connectivity index (χ0n) is 21.1. The maximum atomic E-state index is 15.3. The number of nitrogens with zero attached hydrogens (tertiary/aromatic N) is 4. The average molecular weight is 539 g/mol. The molecule has 9 heteroatoms. The van der Waals surface area contributed by atoms with Gasteiger partial charge in [0.05, 0.1) is 29.4 Å². The third kappa shape index (κ3) is 6.54. The van der Waals surface area contributed by atoms with Gasteiger partial charge in [-0.1, -0.05) is 42.1 Å². The van der Waals surface area contributed by atoms with Gasteiger partial charge < -0.3 is 16.0 Å². The van der Waals surface area contributed by atoms with Crippen LogP contribution in [0.1, 0.15) is 33.6 Å². The number of alkyl halides is 1. The first-order valence-electron chi connectivity index (χ1n) is 12.6. The summed E-state index contributed by atoms with van der Waals surface area (Å²) in [5.41, 5.74) is 8.61. The minimum absolute atomic E-state index is 0.147. The summed E-state index contributed by atoms with van der Waals surface area (Å²) in [5, 5.41) is 12.2. The van der Waals surface area contributed by atoms with E-state index in [9.17, 15) is 4.79 Å². The number of hydrogen-bond acceptors (Lipinski definition) is 7. The number of rotatable bonds is 8. The number of benzene rings is 2. The fraction of sp³-hybridized carbons (Fsp3) is 0.200. The molecule has 1 saturated heterocycles. The molecule has 0 bridgehead atoms. The van der Waals surface area contributed by atoms with E-state index >= 15 is 4.39 Å². The Morgan fingerprint density at radius 2 is 1.85 bits per heavy atom. The molecule has 3 N–H and O–H groups in total. The highest BCUT2D eigenvalue weighted by Gasteiger charge is 2.30. The number of halogens is 1. The van der Waals surface area contributed by atoms with Crippen LogP contribution in [0.15, 0.2) is 95.0 Å². The Bertz CT molecular complexity index is 1470. The number of primary amides is 1. The largest absolute Gasteiger partial charge is 0.378 e. The van der Waals surface area contributed by atoms with Gasteiger partial charge in [-0.3, -0.25) is 9.78 Å². The number of nitriles is 1. The average Bonchev–Trinajstić information content (AvgIpc) is 2.96. The second kappa shape index (κ2) is 12.0. The molecule has 2 aromatic heterocycles. The number of carbonyl (C=O) groups is 1. The SMILES string of the molecule is N#Cc1ccc(N2CC[C@@H](Nc3cc(Cc4ccc(Sc5ccccc5)cc4)ncc3C(N)=O)[C@@H](F)C2)nc1. The minimum Gasteiger partial charge on any atom is -0.378 e. The summed E-state index contributed by atoms with van der Waals surface area (Å²) in [6.07, 6.45) is 2.80. The Kier molecular flexibility index (Phi) is 8.04. The molecule has 0 radical (unpaired) electrons. The van der Waals surface area contributed by atoms with Crippen molar-refractivity contribution in [2.45, 2.75) is 34.8 Å². The second-order valence-electron chi connectivity index (χ2n) is 9.34. The number of anilines is 2. The summed E-state index contributed by atoms with van der Waals surface area (Å²) >= 11 is 1.70. The molecule has 0 unspecified atom stereocenters. The van der Waals surface area contributed by atoms with Crippen molar-refractivity contribution in [1.29, 1.82) is 5.26 Å². The molecule has 1 amide bonds. The predicted molar refractivity (Wildman–Crippen MR) is 151 cm³/mol. The Morgan fingerprint density at radius 1 is 1.08 bits per heavy atom. The van der Waals surface area contributed by atoms with Gasteiger partial charge in [0.1, 0.15) is 18.1 Å². The third-order valence-electron chi connectivity index (χ3n) is 6.60. The second-order valence-corrected chi connectivity index (χ2v) is 10.5. The van der Waals surface area contributed by atoms with Crippen molar-refractivity contribution < 1.29 is 9.18 Å². The summed E-state index contributed by atoms with van der Waals surface area (Å²) < 4.78 is 15.3. The summed E-state index contributed by atoms with van der Waals surface area (Å²) in [5.74, 6) is 0.0146. The van der Waals surface area contributed by atoms with Crippen molar-refractivity contribution in [3.05, 3.63) is 108 Å². The van der Waals surface area contributed by atoms with Gasteiger partial charge in [0.25, 0.3) is 5.91 Å². The summed E-state index contributed by atoms with van der Waals surface area (Å²) in [4.78, 5) is 25.0. The zero-order chi connectivity index (χ0) is 27.2. The van der Waals surface area contributed by atoms with Gasteiger partial charge in [-0.05, 0) is 54.4 Å². The van der Waals surface area contributed by atoms with E-state index in [1.807, 2.05) is 29.2 Å². The molecule has 0 spiro atoms. The van der Waals surface area contributed by atoms with Gasteiger partial charge in [-0.2, -0.15) is 5.26 Å². The summed E-state index contributed by atoms with van der Waals surface area (Å²) in [6.45, 7) is 0.724. The number of amides is 1. The van der Waals surface area contributed by atoms with E-state index in [1.165, 1.54) is 17.3 Å². The van der Waals surface area contributed by atoms with Gasteiger partial charge >= 0.3 is 0 Å². The first-order valence-corrected chi connectivity index (χ1v) is 13.4. The lowest BCUT2D eigenvalue weighted by Crippen LogP contribution is -2.48. The van der Waals surface area contributed by atoms with Crippen molar-refractivity contribution in [2.24, 2.45) is 5.73 Å². The number of nitrogens with two attached hydrogens (primary N) is 1. The first kappa shape index (κ1) is 26.2. The van der Waals surface area contributed by atoms with Gasteiger partial charge in [0.15, 0.2) is 0 Å². The van der Waals surface area contributed by atoms with Crippen LogP contribution in [0.5, 0.6) is 0 Å². The third-order valence-corrected chi connectivity index (χ3v) is 7.61. The maximum Gasteiger partial charge on any atom is 0.252 e. The lowest BCUT2D eigenvalue weighted by molar-refractivity contribution is 0.100. The number of aromatic nitrogens is 2. The smallest absolute Gasteiger partial charge is 0.252 e. The normalized spacial score (nSPS) is 16.9. The van der Waals surface area contributed by atoms with E-state index in [2.05, 4.69) is 51.7 Å². The number of carbonyl (C=O) groups excluding carboxylic acids is 1. The predicted octanol–water partition coefficient (Wildman–Crippen LogP) is 5.22. The molecule has 3 heterocycles. The van der Waals surface area contributed by atoms with Crippen molar-refractivity contribution in [2.75, 3.05) is 23.3 Å². The molecule has 2 atom stereocenters. The molecule has 1 aliphatic rings. The fourth-order valence-corrected chi connectivity index (χ4v) is 5.37. The number of pyridine rings is 2. The van der Waals surface area contributed by atoms with Crippen LogP contribution in [0.4, 0.5) is 15.9 Å². The highest BCUT2D eigenvalue weighted by molar-refractivity contribution is 7.99. The molecular weight excluding hydrogens is 511 g/mol. The standard InChI is InChI=1S/C30H27FN6OS/c31-26-19-37(29-11-8-21(16-32)17-35-29)13-12-27(26)36-28-15-22(34-18-25(28)30(33)38)14-20-6-9-24(10-7-20)39-23-4-2-1-3-5-23/h1-11,15,17-18,26-27H,12-14,19H2,(H2,33,38)(H,34,36)/t26-,27+/m0/s1. The summed E-state index contributed by atoms with van der Waals surface area (Å²) in [7, 11) is 0. The highest BCUT2D eigenvalue weighted by Crippen LogP contribution is 2.29. The molecule has 39 heavy (non-hydrogen) atoms. The van der Waals surface area contributed by atoms with E-state index in [0.717, 1.165) is 16.2 Å². The number of hydrogen-bond donors (Lipinski definition) is 2. The van der Waals surface area contributed by atoms with Gasteiger partial charge in [0, 0.05) is 40.8 Å². The Balaban J connectivity index is 1.26. The zero-order valence-corrected chi connectivity index (χ0v) is 21.9. The van der Waals surface area contributed by atoms with Crippen LogP contribution in [-0.4, -0.2) is 41.2 Å². The molecule has 0 saturated carbocycles. The molecule has 4 aromatic rings. The van der Waals surface area contributed by atoms with Crippen molar-refractivity contribution >= 4 is 29.2 Å². The van der Waals surface area contributed by atoms with Gasteiger partial charge in [-0.15, -0.1) is 0 Å². The van der Waals surface area contributed by atoms with E-state index < -0.39 is 18.1 Å². The van der Waals surface area contributed by atoms with Crippen molar-refractivity contribution in [3.63, 3.8) is 0 Å². The van der Waals surface area contributed by atoms with E-state index in [1.54, 1.807) is 30.0 Å². The molecule has 196 valence electrons. The molecule has 1 fully saturated rings. The van der Waals surface area contributed by atoms with Crippen LogP contribution >= 0.6 is 11.8 Å². The highest BCUT2D eigenvalue weighted by atomic mass is 32.2. The lowest BCUT2D eigenvalue weighted by Gasteiger charge is -2.36. The quantitative estimate of drug-likeness (QED) is 0.317. The van der Waals surface area contributed by atoms with Crippen LogP contribution < -0.4 is 16.0 Å². The monoisotopic (exact) mass is 538 g/mol. The molecule has 2 aromatic carbocycles. The topological polar surface area (TPSA) is 108 Å². The lowest BCUT2D eigenvalue weighted by atomic mass is 10.0. The van der Waals surface area contributed by atoms with Crippen LogP contribution in [0, 0.1) is 11.3 Å². The van der Waals surface area contributed by atoms with Gasteiger partial charge in [0.2, 0.25) is 0 Å². The molecule has 1 aliphatic heterocycles. The van der Waals surface area contributed by atoms with Crippen LogP contribution in [0.25, 0.3) is 0 Å². The number of piperidine rings is 1. The molecular formula is C30H27FN6OS. The minimum atomic E-state index is -1.21. The molecule has 7 nitrogen and oxygen atoms in total. The van der Waals surface area contributed by atoms with Gasteiger partial charge in [-0.25, -0.2) is 9.37 Å². The number of nitrogens with one attached hydrogen (secondary N) is 1. The summed E-state index contributed by atoms with van der Waals surface area (Å²) in [6, 6.07) is 25.2. The van der Waals surface area contributed by atoms with Crippen LogP contribution in [0.3, 0.4) is 0 Å². The van der Waals surface area contributed by atoms with Crippen molar-refractivity contribution in [3.8, 4) is 6.07 Å². The Labute approximate surface area is 230 Å². The van der Waals surface area contributed by atoms with Crippen LogP contribution in [0.2, 0.25) is 0 Å². The molecule has 5 rings (SSSR count).